The molecule has 0 atom stereocenters. The fourth-order valence-corrected chi connectivity index (χ4v) is 1.29. The number of terminal acetylenes is 1. The molecule has 0 aliphatic carbocycles. The Hall–Kier alpha value is -1.41. The summed E-state index contributed by atoms with van der Waals surface area (Å²) in [5, 5.41) is 5.29. The van der Waals surface area contributed by atoms with Crippen LogP contribution >= 0.6 is 11.5 Å². The van der Waals surface area contributed by atoms with Crippen LogP contribution in [0.1, 0.15) is 17.4 Å². The largest absolute Gasteiger partial charge is 0.326 e. The van der Waals surface area contributed by atoms with Crippen molar-refractivity contribution in [2.24, 2.45) is 0 Å². The second kappa shape index (κ2) is 4.58. The van der Waals surface area contributed by atoms with Gasteiger partial charge in [-0.15, -0.1) is 11.5 Å². The molecular weight excluding hydrogens is 186 g/mol. The summed E-state index contributed by atoms with van der Waals surface area (Å²) in [5.41, 5.74) is 0.363. The minimum atomic E-state index is -0.158. The van der Waals surface area contributed by atoms with E-state index < -0.39 is 0 Å². The van der Waals surface area contributed by atoms with Crippen LogP contribution in [0.15, 0.2) is 5.38 Å². The second-order valence-electron chi connectivity index (χ2n) is 2.31. The van der Waals surface area contributed by atoms with Gasteiger partial charge in [0.25, 0.3) is 5.91 Å². The first-order valence-corrected chi connectivity index (χ1v) is 4.63. The van der Waals surface area contributed by atoms with E-state index in [1.807, 2.05) is 6.92 Å². The van der Waals surface area contributed by atoms with Gasteiger partial charge in [0.05, 0.1) is 6.54 Å². The summed E-state index contributed by atoms with van der Waals surface area (Å²) >= 11 is 1.15. The van der Waals surface area contributed by atoms with Crippen LogP contribution in [0.4, 0.5) is 0 Å². The van der Waals surface area contributed by atoms with Crippen molar-refractivity contribution in [3.63, 3.8) is 0 Å². The van der Waals surface area contributed by atoms with Crippen LogP contribution in [0.25, 0.3) is 0 Å². The molecule has 5 heteroatoms. The zero-order valence-corrected chi connectivity index (χ0v) is 8.04. The molecule has 1 aromatic rings. The van der Waals surface area contributed by atoms with Crippen molar-refractivity contribution in [3.8, 4) is 12.3 Å². The Bertz CT molecular complexity index is 315. The van der Waals surface area contributed by atoms with Crippen LogP contribution in [0.2, 0.25) is 0 Å². The first-order valence-electron chi connectivity index (χ1n) is 3.79. The molecule has 0 aromatic carbocycles. The van der Waals surface area contributed by atoms with E-state index in [2.05, 4.69) is 15.5 Å². The highest BCUT2D eigenvalue weighted by Gasteiger charge is 2.14. The van der Waals surface area contributed by atoms with Gasteiger partial charge in [0.2, 0.25) is 0 Å². The van der Waals surface area contributed by atoms with Crippen molar-refractivity contribution in [1.29, 1.82) is 0 Å². The fourth-order valence-electron chi connectivity index (χ4n) is 0.857. The number of nitrogens with zero attached hydrogens (tertiary/aromatic N) is 3. The second-order valence-corrected chi connectivity index (χ2v) is 2.92. The molecule has 0 aliphatic rings. The van der Waals surface area contributed by atoms with Gasteiger partial charge in [0.15, 0.2) is 5.69 Å². The van der Waals surface area contributed by atoms with Crippen molar-refractivity contribution in [3.05, 3.63) is 11.1 Å². The number of hydrogen-bond acceptors (Lipinski definition) is 4. The molecule has 1 heterocycles. The predicted molar refractivity (Wildman–Crippen MR) is 50.3 cm³/mol. The molecular formula is C8H9N3OS. The van der Waals surface area contributed by atoms with E-state index in [1.54, 1.807) is 5.38 Å². The van der Waals surface area contributed by atoms with E-state index in [0.29, 0.717) is 18.8 Å². The van der Waals surface area contributed by atoms with Gasteiger partial charge in [-0.1, -0.05) is 10.4 Å². The molecule has 4 nitrogen and oxygen atoms in total. The normalized spacial score (nSPS) is 9.23. The lowest BCUT2D eigenvalue weighted by Crippen LogP contribution is -2.31. The number of carbonyl (C=O) groups excluding carboxylic acids is 1. The maximum atomic E-state index is 11.6. The predicted octanol–water partition coefficient (Wildman–Crippen LogP) is 0.633. The maximum Gasteiger partial charge on any atom is 0.276 e. The third-order valence-electron chi connectivity index (χ3n) is 1.53. The average Bonchev–Trinajstić information content (AvgIpc) is 2.65. The molecule has 1 aromatic heterocycles. The SMILES string of the molecule is C#CCN(CC)C(=O)c1csnn1. The Kier molecular flexibility index (Phi) is 3.41. The monoisotopic (exact) mass is 195 g/mol. The van der Waals surface area contributed by atoms with Gasteiger partial charge < -0.3 is 4.90 Å². The molecule has 0 unspecified atom stereocenters. The highest BCUT2D eigenvalue weighted by atomic mass is 32.1. The number of amides is 1. The molecule has 0 radical (unpaired) electrons. The number of aromatic nitrogens is 2. The van der Waals surface area contributed by atoms with Crippen molar-refractivity contribution in [2.75, 3.05) is 13.1 Å². The summed E-state index contributed by atoms with van der Waals surface area (Å²) in [6.07, 6.45) is 5.12. The van der Waals surface area contributed by atoms with Gasteiger partial charge in [0, 0.05) is 11.9 Å². The first kappa shape index (κ1) is 9.68. The Balaban J connectivity index is 2.72. The van der Waals surface area contributed by atoms with Crippen LogP contribution in [-0.4, -0.2) is 33.5 Å². The molecule has 0 bridgehead atoms. The molecule has 0 saturated heterocycles. The van der Waals surface area contributed by atoms with Crippen LogP contribution in [0.3, 0.4) is 0 Å². The Morgan fingerprint density at radius 3 is 3.08 bits per heavy atom. The van der Waals surface area contributed by atoms with E-state index in [9.17, 15) is 4.79 Å². The van der Waals surface area contributed by atoms with E-state index in [0.717, 1.165) is 11.5 Å². The molecule has 1 amide bonds. The quantitative estimate of drug-likeness (QED) is 0.665. The summed E-state index contributed by atoms with van der Waals surface area (Å²) in [4.78, 5) is 13.1. The van der Waals surface area contributed by atoms with Crippen molar-refractivity contribution in [2.45, 2.75) is 6.92 Å². The summed E-state index contributed by atoms with van der Waals surface area (Å²) in [5.74, 6) is 2.26. The van der Waals surface area contributed by atoms with Gasteiger partial charge in [-0.05, 0) is 18.5 Å². The first-order chi connectivity index (χ1) is 6.29. The van der Waals surface area contributed by atoms with Crippen molar-refractivity contribution < 1.29 is 4.79 Å². The fraction of sp³-hybridized carbons (Fsp3) is 0.375. The third-order valence-corrected chi connectivity index (χ3v) is 2.03. The molecule has 1 rings (SSSR count). The van der Waals surface area contributed by atoms with E-state index in [-0.39, 0.29) is 5.91 Å². The minimum Gasteiger partial charge on any atom is -0.326 e. The molecule has 0 saturated carbocycles. The van der Waals surface area contributed by atoms with Gasteiger partial charge in [0.1, 0.15) is 0 Å². The molecule has 13 heavy (non-hydrogen) atoms. The Morgan fingerprint density at radius 2 is 2.62 bits per heavy atom. The van der Waals surface area contributed by atoms with Crippen molar-refractivity contribution in [1.82, 2.24) is 14.5 Å². The molecule has 0 spiro atoms. The molecule has 68 valence electrons. The average molecular weight is 195 g/mol. The Morgan fingerprint density at radius 1 is 1.85 bits per heavy atom. The number of rotatable bonds is 3. The van der Waals surface area contributed by atoms with Crippen LogP contribution < -0.4 is 0 Å². The van der Waals surface area contributed by atoms with E-state index in [4.69, 9.17) is 6.42 Å². The van der Waals surface area contributed by atoms with Gasteiger partial charge in [-0.2, -0.15) is 0 Å². The smallest absolute Gasteiger partial charge is 0.276 e. The standard InChI is InChI=1S/C8H9N3OS/c1-3-5-11(4-2)8(12)7-6-13-10-9-7/h1,6H,4-5H2,2H3. The minimum absolute atomic E-state index is 0.158. The van der Waals surface area contributed by atoms with Crippen LogP contribution in [0, 0.1) is 12.3 Å². The summed E-state index contributed by atoms with van der Waals surface area (Å²) < 4.78 is 3.61. The van der Waals surface area contributed by atoms with Gasteiger partial charge in [-0.25, -0.2) is 0 Å². The van der Waals surface area contributed by atoms with Crippen molar-refractivity contribution >= 4 is 17.4 Å². The third kappa shape index (κ3) is 2.26. The summed E-state index contributed by atoms with van der Waals surface area (Å²) in [6, 6.07) is 0. The van der Waals surface area contributed by atoms with Gasteiger partial charge in [-0.3, -0.25) is 4.79 Å². The molecule has 0 aliphatic heterocycles. The van der Waals surface area contributed by atoms with E-state index >= 15 is 0 Å². The number of carbonyl (C=O) groups is 1. The van der Waals surface area contributed by atoms with Crippen LogP contribution in [-0.2, 0) is 0 Å². The lowest BCUT2D eigenvalue weighted by Gasteiger charge is -2.15. The van der Waals surface area contributed by atoms with Gasteiger partial charge >= 0.3 is 0 Å². The lowest BCUT2D eigenvalue weighted by molar-refractivity contribution is 0.0779. The zero-order chi connectivity index (χ0) is 9.68. The van der Waals surface area contributed by atoms with Crippen LogP contribution in [0.5, 0.6) is 0 Å². The highest BCUT2D eigenvalue weighted by molar-refractivity contribution is 7.03. The summed E-state index contributed by atoms with van der Waals surface area (Å²) in [6.45, 7) is 2.77. The highest BCUT2D eigenvalue weighted by Crippen LogP contribution is 2.02. The topological polar surface area (TPSA) is 46.1 Å². The zero-order valence-electron chi connectivity index (χ0n) is 7.23. The maximum absolute atomic E-state index is 11.6. The Labute approximate surface area is 80.7 Å². The summed E-state index contributed by atoms with van der Waals surface area (Å²) in [7, 11) is 0. The van der Waals surface area contributed by atoms with E-state index in [1.165, 1.54) is 4.90 Å². The number of hydrogen-bond donors (Lipinski definition) is 0. The molecule has 0 N–H and O–H groups in total. The lowest BCUT2D eigenvalue weighted by atomic mass is 10.4. The molecule has 0 fully saturated rings.